The SMILES string of the molecule is CCCCN(c1ccc(C(=O)O)cc1Cl)C1CC1. The van der Waals surface area contributed by atoms with E-state index >= 15 is 0 Å². The molecule has 0 radical (unpaired) electrons. The Morgan fingerprint density at radius 3 is 2.72 bits per heavy atom. The smallest absolute Gasteiger partial charge is 0.335 e. The van der Waals surface area contributed by atoms with Crippen molar-refractivity contribution < 1.29 is 9.90 Å². The summed E-state index contributed by atoms with van der Waals surface area (Å²) in [5, 5.41) is 9.47. The highest BCUT2D eigenvalue weighted by atomic mass is 35.5. The lowest BCUT2D eigenvalue weighted by molar-refractivity contribution is 0.0697. The van der Waals surface area contributed by atoms with E-state index in [9.17, 15) is 4.79 Å². The average Bonchev–Trinajstić information content (AvgIpc) is 3.15. The Hall–Kier alpha value is -1.22. The van der Waals surface area contributed by atoms with Crippen LogP contribution in [0.5, 0.6) is 0 Å². The summed E-state index contributed by atoms with van der Waals surface area (Å²) in [6.45, 7) is 3.16. The van der Waals surface area contributed by atoms with Crippen LogP contribution in [0.2, 0.25) is 5.02 Å². The van der Waals surface area contributed by atoms with E-state index in [2.05, 4.69) is 11.8 Å². The van der Waals surface area contributed by atoms with Gasteiger partial charge in [0.2, 0.25) is 0 Å². The van der Waals surface area contributed by atoms with Gasteiger partial charge in [0, 0.05) is 12.6 Å². The van der Waals surface area contributed by atoms with Crippen LogP contribution in [0.1, 0.15) is 43.0 Å². The lowest BCUT2D eigenvalue weighted by Gasteiger charge is -2.25. The quantitative estimate of drug-likeness (QED) is 0.852. The predicted molar refractivity (Wildman–Crippen MR) is 73.7 cm³/mol. The van der Waals surface area contributed by atoms with Gasteiger partial charge in [-0.3, -0.25) is 0 Å². The van der Waals surface area contributed by atoms with E-state index in [-0.39, 0.29) is 5.56 Å². The second kappa shape index (κ2) is 5.61. The van der Waals surface area contributed by atoms with Crippen molar-refractivity contribution in [3.8, 4) is 0 Å². The predicted octanol–water partition coefficient (Wildman–Crippen LogP) is 3.81. The molecule has 18 heavy (non-hydrogen) atoms. The first-order valence-electron chi connectivity index (χ1n) is 6.43. The molecule has 1 aliphatic rings. The molecule has 3 nitrogen and oxygen atoms in total. The maximum Gasteiger partial charge on any atom is 0.335 e. The number of carboxylic acid groups (broad SMARTS) is 1. The van der Waals surface area contributed by atoms with E-state index in [0.29, 0.717) is 11.1 Å². The monoisotopic (exact) mass is 267 g/mol. The number of nitrogens with zero attached hydrogens (tertiary/aromatic N) is 1. The fourth-order valence-corrected chi connectivity index (χ4v) is 2.38. The second-order valence-electron chi connectivity index (χ2n) is 4.75. The second-order valence-corrected chi connectivity index (χ2v) is 5.16. The van der Waals surface area contributed by atoms with Gasteiger partial charge in [-0.05, 0) is 37.5 Å². The van der Waals surface area contributed by atoms with Crippen LogP contribution >= 0.6 is 11.6 Å². The van der Waals surface area contributed by atoms with E-state index in [1.165, 1.54) is 12.8 Å². The first-order chi connectivity index (χ1) is 8.63. The summed E-state index contributed by atoms with van der Waals surface area (Å²) >= 11 is 6.21. The highest BCUT2D eigenvalue weighted by Gasteiger charge is 2.30. The zero-order valence-corrected chi connectivity index (χ0v) is 11.3. The van der Waals surface area contributed by atoms with Crippen molar-refractivity contribution in [3.05, 3.63) is 28.8 Å². The molecule has 1 N–H and O–H groups in total. The fraction of sp³-hybridized carbons (Fsp3) is 0.500. The minimum Gasteiger partial charge on any atom is -0.478 e. The summed E-state index contributed by atoms with van der Waals surface area (Å²) in [5.41, 5.74) is 1.22. The summed E-state index contributed by atoms with van der Waals surface area (Å²) in [5.74, 6) is -0.935. The van der Waals surface area contributed by atoms with Gasteiger partial charge < -0.3 is 10.0 Å². The van der Waals surface area contributed by atoms with Gasteiger partial charge in [-0.15, -0.1) is 0 Å². The number of benzene rings is 1. The van der Waals surface area contributed by atoms with Crippen molar-refractivity contribution in [2.24, 2.45) is 0 Å². The van der Waals surface area contributed by atoms with E-state index in [1.54, 1.807) is 12.1 Å². The van der Waals surface area contributed by atoms with Crippen LogP contribution in [0, 0.1) is 0 Å². The molecule has 1 aromatic carbocycles. The molecule has 98 valence electrons. The number of carboxylic acids is 1. The third-order valence-corrected chi connectivity index (χ3v) is 3.55. The number of hydrogen-bond donors (Lipinski definition) is 1. The van der Waals surface area contributed by atoms with Gasteiger partial charge >= 0.3 is 5.97 Å². The highest BCUT2D eigenvalue weighted by Crippen LogP contribution is 2.36. The Morgan fingerprint density at radius 1 is 1.50 bits per heavy atom. The molecule has 0 bridgehead atoms. The van der Waals surface area contributed by atoms with Crippen LogP contribution in [-0.2, 0) is 0 Å². The average molecular weight is 268 g/mol. The topological polar surface area (TPSA) is 40.5 Å². The first kappa shape index (κ1) is 13.2. The molecule has 0 unspecified atom stereocenters. The first-order valence-corrected chi connectivity index (χ1v) is 6.80. The number of aromatic carboxylic acids is 1. The normalized spacial score (nSPS) is 14.6. The van der Waals surface area contributed by atoms with Crippen LogP contribution in [0.3, 0.4) is 0 Å². The maximum absolute atomic E-state index is 10.9. The standard InChI is InChI=1S/C14H18ClNO2/c1-2-3-8-16(11-5-6-11)13-7-4-10(14(17)18)9-12(13)15/h4,7,9,11H,2-3,5-6,8H2,1H3,(H,17,18). The number of halogens is 1. The summed E-state index contributed by atoms with van der Waals surface area (Å²) in [6, 6.07) is 5.59. The van der Waals surface area contributed by atoms with Crippen molar-refractivity contribution in [2.45, 2.75) is 38.6 Å². The molecule has 0 aliphatic heterocycles. The lowest BCUT2D eigenvalue weighted by Crippen LogP contribution is -2.27. The molecule has 1 saturated carbocycles. The van der Waals surface area contributed by atoms with Gasteiger partial charge in [0.25, 0.3) is 0 Å². The van der Waals surface area contributed by atoms with Crippen LogP contribution in [0.4, 0.5) is 5.69 Å². The summed E-state index contributed by atoms with van der Waals surface area (Å²) in [7, 11) is 0. The molecule has 2 rings (SSSR count). The number of unbranched alkanes of at least 4 members (excludes halogenated alkanes) is 1. The Morgan fingerprint density at radius 2 is 2.22 bits per heavy atom. The summed E-state index contributed by atoms with van der Waals surface area (Å²) < 4.78 is 0. The molecule has 1 aromatic rings. The maximum atomic E-state index is 10.9. The summed E-state index contributed by atoms with van der Waals surface area (Å²) in [6.07, 6.45) is 4.70. The van der Waals surface area contributed by atoms with Gasteiger partial charge in [-0.2, -0.15) is 0 Å². The van der Waals surface area contributed by atoms with Gasteiger partial charge in [-0.25, -0.2) is 4.79 Å². The Balaban J connectivity index is 2.21. The highest BCUT2D eigenvalue weighted by molar-refractivity contribution is 6.33. The van der Waals surface area contributed by atoms with Crippen molar-refractivity contribution in [2.75, 3.05) is 11.4 Å². The van der Waals surface area contributed by atoms with Gasteiger partial charge in [-0.1, -0.05) is 24.9 Å². The van der Waals surface area contributed by atoms with Crippen LogP contribution in [0.25, 0.3) is 0 Å². The van der Waals surface area contributed by atoms with Crippen molar-refractivity contribution in [3.63, 3.8) is 0 Å². The Kier molecular flexibility index (Phi) is 4.12. The molecular formula is C14H18ClNO2. The van der Waals surface area contributed by atoms with Crippen LogP contribution in [0.15, 0.2) is 18.2 Å². The molecule has 0 aromatic heterocycles. The molecule has 0 spiro atoms. The molecule has 0 saturated heterocycles. The minimum atomic E-state index is -0.935. The van der Waals surface area contributed by atoms with Crippen LogP contribution < -0.4 is 4.90 Å². The van der Waals surface area contributed by atoms with Gasteiger partial charge in [0.15, 0.2) is 0 Å². The molecule has 0 atom stereocenters. The van der Waals surface area contributed by atoms with Gasteiger partial charge in [0.05, 0.1) is 16.3 Å². The molecule has 0 amide bonds. The molecule has 4 heteroatoms. The van der Waals surface area contributed by atoms with Crippen molar-refractivity contribution >= 4 is 23.3 Å². The minimum absolute atomic E-state index is 0.245. The third kappa shape index (κ3) is 2.96. The van der Waals surface area contributed by atoms with E-state index < -0.39 is 5.97 Å². The number of carbonyl (C=O) groups is 1. The van der Waals surface area contributed by atoms with E-state index in [0.717, 1.165) is 25.1 Å². The zero-order chi connectivity index (χ0) is 13.1. The van der Waals surface area contributed by atoms with Crippen LogP contribution in [-0.4, -0.2) is 23.7 Å². The van der Waals surface area contributed by atoms with E-state index in [1.807, 2.05) is 6.07 Å². The third-order valence-electron chi connectivity index (χ3n) is 3.24. The summed E-state index contributed by atoms with van der Waals surface area (Å²) in [4.78, 5) is 13.2. The molecule has 1 aliphatic carbocycles. The largest absolute Gasteiger partial charge is 0.478 e. The lowest BCUT2D eigenvalue weighted by atomic mass is 10.2. The van der Waals surface area contributed by atoms with Gasteiger partial charge in [0.1, 0.15) is 0 Å². The molecule has 1 fully saturated rings. The number of anilines is 1. The van der Waals surface area contributed by atoms with E-state index in [4.69, 9.17) is 16.7 Å². The van der Waals surface area contributed by atoms with Crippen molar-refractivity contribution in [1.29, 1.82) is 0 Å². The fourth-order valence-electron chi connectivity index (χ4n) is 2.09. The Bertz CT molecular complexity index is 443. The Labute approximate surface area is 112 Å². The number of rotatable bonds is 6. The molecule has 0 heterocycles. The zero-order valence-electron chi connectivity index (χ0n) is 10.5. The number of hydrogen-bond acceptors (Lipinski definition) is 2. The molecular weight excluding hydrogens is 250 g/mol. The van der Waals surface area contributed by atoms with Crippen molar-refractivity contribution in [1.82, 2.24) is 0 Å².